The van der Waals surface area contributed by atoms with Crippen LogP contribution in [0.1, 0.15) is 5.56 Å². The lowest BCUT2D eigenvalue weighted by Crippen LogP contribution is -2.44. The van der Waals surface area contributed by atoms with Crippen molar-refractivity contribution in [2.24, 2.45) is 0 Å². The Labute approximate surface area is 103 Å². The molecule has 0 radical (unpaired) electrons. The van der Waals surface area contributed by atoms with Crippen molar-refractivity contribution in [2.75, 3.05) is 50.9 Å². The highest BCUT2D eigenvalue weighted by atomic mass is 15.2. The van der Waals surface area contributed by atoms with E-state index < -0.39 is 0 Å². The van der Waals surface area contributed by atoms with E-state index in [1.165, 1.54) is 11.3 Å². The van der Waals surface area contributed by atoms with Crippen molar-refractivity contribution in [1.82, 2.24) is 10.2 Å². The zero-order valence-corrected chi connectivity index (χ0v) is 10.7. The maximum atomic E-state index is 5.88. The van der Waals surface area contributed by atoms with Gasteiger partial charge in [0.05, 0.1) is 0 Å². The lowest BCUT2D eigenvalue weighted by molar-refractivity contribution is 0.402. The molecule has 1 aliphatic heterocycles. The minimum Gasteiger partial charge on any atom is -0.399 e. The van der Waals surface area contributed by atoms with Crippen LogP contribution in [0, 0.1) is 0 Å². The minimum atomic E-state index is 0.848. The molecule has 0 aliphatic carbocycles. The van der Waals surface area contributed by atoms with Crippen molar-refractivity contribution in [3.63, 3.8) is 0 Å². The first-order valence-corrected chi connectivity index (χ1v) is 6.15. The summed E-state index contributed by atoms with van der Waals surface area (Å²) in [6.45, 7) is 5.20. The van der Waals surface area contributed by atoms with Crippen LogP contribution in [0.15, 0.2) is 18.2 Å². The van der Waals surface area contributed by atoms with Gasteiger partial charge in [-0.1, -0.05) is 0 Å². The van der Waals surface area contributed by atoms with Crippen LogP contribution in [0.3, 0.4) is 0 Å². The van der Waals surface area contributed by atoms with E-state index in [2.05, 4.69) is 41.3 Å². The summed E-state index contributed by atoms with van der Waals surface area (Å²) in [6.07, 6.45) is 0. The number of benzene rings is 1. The molecule has 0 atom stereocenters. The van der Waals surface area contributed by atoms with Gasteiger partial charge in [-0.05, 0) is 37.9 Å². The maximum Gasteiger partial charge on any atom is 0.0414 e. The van der Waals surface area contributed by atoms with Gasteiger partial charge in [-0.2, -0.15) is 0 Å². The largest absolute Gasteiger partial charge is 0.399 e. The van der Waals surface area contributed by atoms with Gasteiger partial charge in [-0.3, -0.25) is 0 Å². The second-order valence-electron chi connectivity index (χ2n) is 4.86. The summed E-state index contributed by atoms with van der Waals surface area (Å²) in [6, 6.07) is 6.24. The summed E-state index contributed by atoms with van der Waals surface area (Å²) < 4.78 is 0. The third-order valence-electron chi connectivity index (χ3n) is 3.05. The van der Waals surface area contributed by atoms with E-state index in [0.717, 1.165) is 38.4 Å². The Morgan fingerprint density at radius 3 is 2.65 bits per heavy atom. The van der Waals surface area contributed by atoms with Gasteiger partial charge in [0.1, 0.15) is 0 Å². The highest BCUT2D eigenvalue weighted by molar-refractivity contribution is 5.60. The zero-order chi connectivity index (χ0) is 12.3. The summed E-state index contributed by atoms with van der Waals surface area (Å²) in [4.78, 5) is 4.62. The quantitative estimate of drug-likeness (QED) is 0.757. The average molecular weight is 234 g/mol. The van der Waals surface area contributed by atoms with Crippen LogP contribution >= 0.6 is 0 Å². The number of nitrogens with two attached hydrogens (primary N) is 1. The summed E-state index contributed by atoms with van der Waals surface area (Å²) >= 11 is 0. The van der Waals surface area contributed by atoms with Crippen LogP contribution in [0.25, 0.3) is 0 Å². The number of hydrogen-bond donors (Lipinski definition) is 2. The number of anilines is 2. The Balaban J connectivity index is 2.24. The molecule has 3 N–H and O–H groups in total. The molecule has 4 nitrogen and oxygen atoms in total. The van der Waals surface area contributed by atoms with E-state index >= 15 is 0 Å². The molecule has 1 aromatic carbocycles. The molecule has 0 unspecified atom stereocenters. The van der Waals surface area contributed by atoms with Gasteiger partial charge >= 0.3 is 0 Å². The van der Waals surface area contributed by atoms with E-state index in [4.69, 9.17) is 5.73 Å². The van der Waals surface area contributed by atoms with E-state index in [1.54, 1.807) is 0 Å². The fourth-order valence-corrected chi connectivity index (χ4v) is 2.29. The van der Waals surface area contributed by atoms with Crippen molar-refractivity contribution in [2.45, 2.75) is 6.54 Å². The van der Waals surface area contributed by atoms with E-state index in [9.17, 15) is 0 Å². The molecule has 2 rings (SSSR count). The lowest BCUT2D eigenvalue weighted by atomic mass is 10.1. The van der Waals surface area contributed by atoms with Crippen LogP contribution in [-0.4, -0.2) is 45.2 Å². The molecule has 0 aromatic heterocycles. The van der Waals surface area contributed by atoms with E-state index in [-0.39, 0.29) is 0 Å². The zero-order valence-electron chi connectivity index (χ0n) is 10.7. The Kier molecular flexibility index (Phi) is 3.86. The number of rotatable bonds is 3. The van der Waals surface area contributed by atoms with Crippen molar-refractivity contribution < 1.29 is 0 Å². The summed E-state index contributed by atoms with van der Waals surface area (Å²) in [5, 5.41) is 3.38. The Bertz CT molecular complexity index is 370. The minimum absolute atomic E-state index is 0.848. The van der Waals surface area contributed by atoms with Crippen LogP contribution in [-0.2, 0) is 6.54 Å². The highest BCUT2D eigenvalue weighted by Gasteiger charge is 2.14. The van der Waals surface area contributed by atoms with Crippen molar-refractivity contribution in [3.8, 4) is 0 Å². The first-order valence-electron chi connectivity index (χ1n) is 6.15. The topological polar surface area (TPSA) is 44.5 Å². The molecule has 0 amide bonds. The monoisotopic (exact) mass is 234 g/mol. The van der Waals surface area contributed by atoms with Gasteiger partial charge in [-0.15, -0.1) is 0 Å². The molecule has 0 saturated carbocycles. The maximum absolute atomic E-state index is 5.88. The molecule has 1 heterocycles. The molecule has 4 heteroatoms. The normalized spacial score (nSPS) is 16.5. The van der Waals surface area contributed by atoms with Gasteiger partial charge in [-0.25, -0.2) is 0 Å². The number of piperazine rings is 1. The SMILES string of the molecule is CN(C)Cc1cc(N)ccc1N1CCNCC1. The van der Waals surface area contributed by atoms with Crippen molar-refractivity contribution in [1.29, 1.82) is 0 Å². The first kappa shape index (κ1) is 12.2. The van der Waals surface area contributed by atoms with Crippen molar-refractivity contribution in [3.05, 3.63) is 23.8 Å². The molecular weight excluding hydrogens is 212 g/mol. The summed E-state index contributed by atoms with van der Waals surface area (Å²) in [7, 11) is 4.18. The van der Waals surface area contributed by atoms with Crippen LogP contribution < -0.4 is 16.0 Å². The predicted molar refractivity (Wildman–Crippen MR) is 73.3 cm³/mol. The molecule has 1 aromatic rings. The first-order chi connectivity index (χ1) is 8.16. The second-order valence-corrected chi connectivity index (χ2v) is 4.86. The summed E-state index contributed by atoms with van der Waals surface area (Å²) in [5.74, 6) is 0. The van der Waals surface area contributed by atoms with E-state index in [1.807, 2.05) is 6.07 Å². The predicted octanol–water partition coefficient (Wildman–Crippen LogP) is 0.740. The number of hydrogen-bond acceptors (Lipinski definition) is 4. The van der Waals surface area contributed by atoms with Crippen LogP contribution in [0.5, 0.6) is 0 Å². The molecular formula is C13H22N4. The highest BCUT2D eigenvalue weighted by Crippen LogP contribution is 2.24. The van der Waals surface area contributed by atoms with E-state index in [0.29, 0.717) is 0 Å². The molecule has 1 aliphatic rings. The average Bonchev–Trinajstić information content (AvgIpc) is 2.29. The molecule has 0 bridgehead atoms. The Morgan fingerprint density at radius 2 is 2.00 bits per heavy atom. The summed E-state index contributed by atoms with van der Waals surface area (Å²) in [5.41, 5.74) is 9.38. The smallest absolute Gasteiger partial charge is 0.0414 e. The number of nitrogens with one attached hydrogen (secondary N) is 1. The molecule has 1 saturated heterocycles. The fraction of sp³-hybridized carbons (Fsp3) is 0.538. The fourth-order valence-electron chi connectivity index (χ4n) is 2.29. The van der Waals surface area contributed by atoms with Gasteiger partial charge in [0.2, 0.25) is 0 Å². The second kappa shape index (κ2) is 5.38. The third kappa shape index (κ3) is 3.11. The van der Waals surface area contributed by atoms with Crippen LogP contribution in [0.2, 0.25) is 0 Å². The standard InChI is InChI=1S/C13H22N4/c1-16(2)10-11-9-12(14)3-4-13(11)17-7-5-15-6-8-17/h3-4,9,15H,5-8,10,14H2,1-2H3. The van der Waals surface area contributed by atoms with Gasteiger partial charge in [0.15, 0.2) is 0 Å². The lowest BCUT2D eigenvalue weighted by Gasteiger charge is -2.31. The Hall–Kier alpha value is -1.26. The number of nitrogens with zero attached hydrogens (tertiary/aromatic N) is 2. The number of nitrogen functional groups attached to an aromatic ring is 1. The van der Waals surface area contributed by atoms with Gasteiger partial charge in [0.25, 0.3) is 0 Å². The molecule has 94 valence electrons. The van der Waals surface area contributed by atoms with Crippen molar-refractivity contribution >= 4 is 11.4 Å². The Morgan fingerprint density at radius 1 is 1.29 bits per heavy atom. The van der Waals surface area contributed by atoms with Gasteiger partial charge in [0, 0.05) is 44.1 Å². The molecule has 0 spiro atoms. The third-order valence-corrected chi connectivity index (χ3v) is 3.05. The molecule has 1 fully saturated rings. The molecule has 17 heavy (non-hydrogen) atoms. The van der Waals surface area contributed by atoms with Gasteiger partial charge < -0.3 is 20.9 Å². The van der Waals surface area contributed by atoms with Crippen LogP contribution in [0.4, 0.5) is 11.4 Å².